The number of rotatable bonds is 4. The standard InChI is InChI=1S/C14H20N2O2S/c1-10(15)4-5-11-9-16(2)14-7-6-12(8-13(11)14)19(3,17)18/h6-10H,4-5,15H2,1-3H3. The summed E-state index contributed by atoms with van der Waals surface area (Å²) >= 11 is 0. The summed E-state index contributed by atoms with van der Waals surface area (Å²) in [6, 6.07) is 5.43. The van der Waals surface area contributed by atoms with Gasteiger partial charge in [-0.15, -0.1) is 0 Å². The van der Waals surface area contributed by atoms with Crippen LogP contribution >= 0.6 is 0 Å². The normalized spacial score (nSPS) is 13.9. The molecule has 0 spiro atoms. The van der Waals surface area contributed by atoms with Crippen molar-refractivity contribution in [1.29, 1.82) is 0 Å². The number of nitrogens with zero attached hydrogens (tertiary/aromatic N) is 1. The van der Waals surface area contributed by atoms with Crippen LogP contribution in [0.15, 0.2) is 29.3 Å². The Hall–Kier alpha value is -1.33. The number of hydrogen-bond acceptors (Lipinski definition) is 3. The van der Waals surface area contributed by atoms with Gasteiger partial charge in [-0.25, -0.2) is 8.42 Å². The smallest absolute Gasteiger partial charge is 0.175 e. The summed E-state index contributed by atoms with van der Waals surface area (Å²) in [4.78, 5) is 0.369. The van der Waals surface area contributed by atoms with E-state index in [-0.39, 0.29) is 6.04 Å². The Morgan fingerprint density at radius 2 is 2.05 bits per heavy atom. The second kappa shape index (κ2) is 4.98. The highest BCUT2D eigenvalue weighted by atomic mass is 32.2. The SMILES string of the molecule is CC(N)CCc1cn(C)c2ccc(S(C)(=O)=O)cc12. The largest absolute Gasteiger partial charge is 0.350 e. The van der Waals surface area contributed by atoms with Gasteiger partial charge in [0.05, 0.1) is 4.90 Å². The summed E-state index contributed by atoms with van der Waals surface area (Å²) in [6.45, 7) is 1.98. The number of sulfone groups is 1. The fraction of sp³-hybridized carbons (Fsp3) is 0.429. The highest BCUT2D eigenvalue weighted by Gasteiger charge is 2.12. The lowest BCUT2D eigenvalue weighted by molar-refractivity contribution is 0.602. The van der Waals surface area contributed by atoms with Crippen molar-refractivity contribution in [3.05, 3.63) is 30.0 Å². The summed E-state index contributed by atoms with van der Waals surface area (Å²) in [6.07, 6.45) is 5.04. The molecule has 0 aliphatic rings. The second-order valence-corrected chi connectivity index (χ2v) is 7.25. The van der Waals surface area contributed by atoms with Crippen LogP contribution in [0.5, 0.6) is 0 Å². The van der Waals surface area contributed by atoms with Crippen molar-refractivity contribution >= 4 is 20.7 Å². The van der Waals surface area contributed by atoms with E-state index in [0.29, 0.717) is 4.90 Å². The van der Waals surface area contributed by atoms with Crippen LogP contribution in [0, 0.1) is 0 Å². The van der Waals surface area contributed by atoms with Gasteiger partial charge in [-0.05, 0) is 43.5 Å². The molecule has 5 heteroatoms. The van der Waals surface area contributed by atoms with E-state index in [0.717, 1.165) is 29.3 Å². The molecule has 2 aromatic rings. The molecule has 0 amide bonds. The number of benzene rings is 1. The predicted octanol–water partition coefficient (Wildman–Crippen LogP) is 1.86. The zero-order valence-electron chi connectivity index (χ0n) is 11.6. The van der Waals surface area contributed by atoms with E-state index in [1.54, 1.807) is 12.1 Å². The molecule has 0 bridgehead atoms. The van der Waals surface area contributed by atoms with Gasteiger partial charge in [-0.2, -0.15) is 0 Å². The molecule has 104 valence electrons. The van der Waals surface area contributed by atoms with Crippen molar-refractivity contribution in [2.24, 2.45) is 12.8 Å². The third kappa shape index (κ3) is 2.98. The molecule has 0 saturated carbocycles. The molecular weight excluding hydrogens is 260 g/mol. The Kier molecular flexibility index (Phi) is 3.69. The minimum Gasteiger partial charge on any atom is -0.350 e. The average Bonchev–Trinajstić information content (AvgIpc) is 2.62. The van der Waals surface area contributed by atoms with Gasteiger partial charge in [-0.1, -0.05) is 0 Å². The Morgan fingerprint density at radius 1 is 1.37 bits per heavy atom. The van der Waals surface area contributed by atoms with E-state index in [9.17, 15) is 8.42 Å². The average molecular weight is 280 g/mol. The maximum atomic E-state index is 11.6. The van der Waals surface area contributed by atoms with E-state index >= 15 is 0 Å². The lowest BCUT2D eigenvalue weighted by Gasteiger charge is -2.04. The molecule has 1 atom stereocenters. The van der Waals surface area contributed by atoms with Crippen LogP contribution in [0.3, 0.4) is 0 Å². The molecule has 1 unspecified atom stereocenters. The van der Waals surface area contributed by atoms with E-state index in [1.807, 2.05) is 24.6 Å². The van der Waals surface area contributed by atoms with Crippen molar-refractivity contribution in [3.63, 3.8) is 0 Å². The van der Waals surface area contributed by atoms with Crippen molar-refractivity contribution in [3.8, 4) is 0 Å². The lowest BCUT2D eigenvalue weighted by atomic mass is 10.1. The monoisotopic (exact) mass is 280 g/mol. The summed E-state index contributed by atoms with van der Waals surface area (Å²) < 4.78 is 25.3. The maximum absolute atomic E-state index is 11.6. The fourth-order valence-electron chi connectivity index (χ4n) is 2.27. The molecule has 1 heterocycles. The molecule has 4 nitrogen and oxygen atoms in total. The van der Waals surface area contributed by atoms with E-state index < -0.39 is 9.84 Å². The van der Waals surface area contributed by atoms with Crippen LogP contribution < -0.4 is 5.73 Å². The van der Waals surface area contributed by atoms with Gasteiger partial charge in [0.15, 0.2) is 9.84 Å². The first-order valence-corrected chi connectivity index (χ1v) is 8.22. The van der Waals surface area contributed by atoms with Crippen molar-refractivity contribution in [1.82, 2.24) is 4.57 Å². The first-order chi connectivity index (χ1) is 8.79. The van der Waals surface area contributed by atoms with Gasteiger partial charge in [0.1, 0.15) is 0 Å². The van der Waals surface area contributed by atoms with E-state index in [1.165, 1.54) is 6.26 Å². The fourth-order valence-corrected chi connectivity index (χ4v) is 2.91. The Morgan fingerprint density at radius 3 is 2.63 bits per heavy atom. The quantitative estimate of drug-likeness (QED) is 0.929. The van der Waals surface area contributed by atoms with Gasteiger partial charge < -0.3 is 10.3 Å². The number of hydrogen-bond donors (Lipinski definition) is 1. The molecule has 1 aromatic carbocycles. The van der Waals surface area contributed by atoms with Gasteiger partial charge in [0.2, 0.25) is 0 Å². The summed E-state index contributed by atoms with van der Waals surface area (Å²) in [5.41, 5.74) is 7.99. The van der Waals surface area contributed by atoms with Crippen LogP contribution in [0.4, 0.5) is 0 Å². The Labute approximate surface area is 114 Å². The maximum Gasteiger partial charge on any atom is 0.175 e. The van der Waals surface area contributed by atoms with Crippen LogP contribution in [0.2, 0.25) is 0 Å². The second-order valence-electron chi connectivity index (χ2n) is 5.23. The first-order valence-electron chi connectivity index (χ1n) is 6.32. The highest BCUT2D eigenvalue weighted by molar-refractivity contribution is 7.90. The third-order valence-corrected chi connectivity index (χ3v) is 4.45. The molecule has 1 aromatic heterocycles. The van der Waals surface area contributed by atoms with Crippen molar-refractivity contribution in [2.45, 2.75) is 30.7 Å². The zero-order chi connectivity index (χ0) is 14.2. The van der Waals surface area contributed by atoms with Crippen LogP contribution in [-0.4, -0.2) is 25.3 Å². The van der Waals surface area contributed by atoms with Crippen molar-refractivity contribution < 1.29 is 8.42 Å². The van der Waals surface area contributed by atoms with E-state index in [4.69, 9.17) is 5.73 Å². The van der Waals surface area contributed by atoms with E-state index in [2.05, 4.69) is 6.20 Å². The summed E-state index contributed by atoms with van der Waals surface area (Å²) in [7, 11) is -1.20. The number of nitrogens with two attached hydrogens (primary N) is 1. The number of aromatic nitrogens is 1. The molecule has 2 rings (SSSR count). The minimum absolute atomic E-state index is 0.147. The predicted molar refractivity (Wildman–Crippen MR) is 78.0 cm³/mol. The van der Waals surface area contributed by atoms with Gasteiger partial charge in [-0.3, -0.25) is 0 Å². The van der Waals surface area contributed by atoms with Crippen LogP contribution in [0.25, 0.3) is 10.9 Å². The lowest BCUT2D eigenvalue weighted by Crippen LogP contribution is -2.15. The van der Waals surface area contributed by atoms with Crippen LogP contribution in [-0.2, 0) is 23.3 Å². The molecule has 2 N–H and O–H groups in total. The Balaban J connectivity index is 2.53. The third-order valence-electron chi connectivity index (χ3n) is 3.34. The Bertz CT molecular complexity index is 700. The molecule has 0 fully saturated rings. The number of aryl methyl sites for hydroxylation is 2. The zero-order valence-corrected chi connectivity index (χ0v) is 12.4. The first kappa shape index (κ1) is 14.1. The minimum atomic E-state index is -3.17. The molecule has 0 aliphatic carbocycles. The molecular formula is C14H20N2O2S. The highest BCUT2D eigenvalue weighted by Crippen LogP contribution is 2.25. The van der Waals surface area contributed by atoms with Crippen LogP contribution in [0.1, 0.15) is 18.9 Å². The molecule has 0 aliphatic heterocycles. The topological polar surface area (TPSA) is 65.1 Å². The van der Waals surface area contributed by atoms with Crippen molar-refractivity contribution in [2.75, 3.05) is 6.26 Å². The number of fused-ring (bicyclic) bond motifs is 1. The van der Waals surface area contributed by atoms with Gasteiger partial charge in [0, 0.05) is 36.4 Å². The molecule has 0 saturated heterocycles. The molecule has 19 heavy (non-hydrogen) atoms. The van der Waals surface area contributed by atoms with Gasteiger partial charge in [0.25, 0.3) is 0 Å². The summed E-state index contributed by atoms with van der Waals surface area (Å²) in [5.74, 6) is 0. The summed E-state index contributed by atoms with van der Waals surface area (Å²) in [5, 5.41) is 1.01. The van der Waals surface area contributed by atoms with Gasteiger partial charge >= 0.3 is 0 Å². The molecule has 0 radical (unpaired) electrons.